The fourth-order valence-corrected chi connectivity index (χ4v) is 7.94. The van der Waals surface area contributed by atoms with E-state index < -0.39 is 18.0 Å². The molecule has 0 unspecified atom stereocenters. The zero-order valence-corrected chi connectivity index (χ0v) is 22.8. The normalized spacial score (nSPS) is 36.6. The van der Waals surface area contributed by atoms with E-state index in [2.05, 4.69) is 26.8 Å². The van der Waals surface area contributed by atoms with E-state index in [0.717, 1.165) is 57.8 Å². The Hall–Kier alpha value is -2.18. The van der Waals surface area contributed by atoms with Gasteiger partial charge in [0.2, 0.25) is 0 Å². The molecule has 4 aliphatic rings. The van der Waals surface area contributed by atoms with Gasteiger partial charge < -0.3 is 14.6 Å². The number of aliphatic carboxylic acids is 1. The number of carboxylic acids is 1. The molecule has 0 aromatic carbocycles. The molecule has 4 rings (SSSR count). The number of ketones is 1. The van der Waals surface area contributed by atoms with E-state index in [4.69, 9.17) is 14.6 Å². The Morgan fingerprint density at radius 3 is 2.35 bits per heavy atom. The number of carbonyl (C=O) groups is 4. The van der Waals surface area contributed by atoms with Crippen molar-refractivity contribution in [2.75, 3.05) is 0 Å². The maximum atomic E-state index is 12.9. The number of carboxylic acid groups (broad SMARTS) is 1. The summed E-state index contributed by atoms with van der Waals surface area (Å²) in [6, 6.07) is 0. The Morgan fingerprint density at radius 2 is 1.62 bits per heavy atom. The highest BCUT2D eigenvalue weighted by Gasteiger charge is 2.61. The molecular formula is C30H44O7. The minimum absolute atomic E-state index is 0.0467. The highest BCUT2D eigenvalue weighted by molar-refractivity contribution is 5.87. The summed E-state index contributed by atoms with van der Waals surface area (Å²) in [5, 5.41) is 9.01. The molecule has 7 heteroatoms. The van der Waals surface area contributed by atoms with Crippen molar-refractivity contribution in [1.82, 2.24) is 0 Å². The Labute approximate surface area is 220 Å². The average Bonchev–Trinajstić information content (AvgIpc) is 3.15. The zero-order valence-electron chi connectivity index (χ0n) is 22.8. The van der Waals surface area contributed by atoms with Gasteiger partial charge in [-0.05, 0) is 61.9 Å². The summed E-state index contributed by atoms with van der Waals surface area (Å²) in [7, 11) is 0. The summed E-state index contributed by atoms with van der Waals surface area (Å²) in [6.45, 7) is 6.54. The van der Waals surface area contributed by atoms with Gasteiger partial charge in [-0.15, -0.1) is 0 Å². The van der Waals surface area contributed by atoms with Crippen molar-refractivity contribution in [1.29, 1.82) is 0 Å². The summed E-state index contributed by atoms with van der Waals surface area (Å²) in [5.41, 5.74) is 0.734. The van der Waals surface area contributed by atoms with E-state index in [1.165, 1.54) is 5.57 Å². The number of hydrogen-bond acceptors (Lipinski definition) is 6. The van der Waals surface area contributed by atoms with Crippen molar-refractivity contribution >= 4 is 23.7 Å². The Kier molecular flexibility index (Phi) is 8.49. The van der Waals surface area contributed by atoms with Gasteiger partial charge in [-0.1, -0.05) is 45.6 Å². The largest absolute Gasteiger partial charge is 0.481 e. The lowest BCUT2D eigenvalue weighted by atomic mass is 9.47. The molecule has 7 nitrogen and oxygen atoms in total. The molecule has 0 heterocycles. The van der Waals surface area contributed by atoms with E-state index in [1.54, 1.807) is 0 Å². The molecule has 3 fully saturated rings. The van der Waals surface area contributed by atoms with Gasteiger partial charge in [0.1, 0.15) is 18.0 Å². The van der Waals surface area contributed by atoms with Crippen LogP contribution in [-0.4, -0.2) is 41.0 Å². The monoisotopic (exact) mass is 516 g/mol. The fraction of sp³-hybridized carbons (Fsp3) is 0.800. The summed E-state index contributed by atoms with van der Waals surface area (Å²) in [6.07, 6.45) is 11.1. The van der Waals surface area contributed by atoms with Crippen molar-refractivity contribution in [2.45, 2.75) is 123 Å². The maximum absolute atomic E-state index is 12.9. The van der Waals surface area contributed by atoms with Crippen LogP contribution in [-0.2, 0) is 28.7 Å². The topological polar surface area (TPSA) is 107 Å². The third-order valence-electron chi connectivity index (χ3n) is 10.1. The molecule has 0 aromatic rings. The molecule has 3 saturated carbocycles. The molecule has 0 spiro atoms. The summed E-state index contributed by atoms with van der Waals surface area (Å²) in [4.78, 5) is 49.1. The van der Waals surface area contributed by atoms with Crippen LogP contribution in [0.15, 0.2) is 11.6 Å². The highest BCUT2D eigenvalue weighted by atomic mass is 16.5. The Balaban J connectivity index is 1.54. The second-order valence-corrected chi connectivity index (χ2v) is 12.3. The molecule has 7 atom stereocenters. The van der Waals surface area contributed by atoms with E-state index >= 15 is 0 Å². The summed E-state index contributed by atoms with van der Waals surface area (Å²) >= 11 is 0. The number of Topliss-reactive ketones (excluding diaryl/α,β-unsaturated/α-hetero) is 1. The molecule has 1 N–H and O–H groups in total. The Bertz CT molecular complexity index is 938. The number of ether oxygens (including phenoxy) is 2. The van der Waals surface area contributed by atoms with Crippen molar-refractivity contribution in [3.8, 4) is 0 Å². The van der Waals surface area contributed by atoms with Crippen LogP contribution in [0, 0.1) is 28.6 Å². The number of unbranched alkanes of at least 4 members (excludes halogenated alkanes) is 3. The molecular weight excluding hydrogens is 472 g/mol. The second kappa shape index (κ2) is 11.3. The van der Waals surface area contributed by atoms with E-state index in [0.29, 0.717) is 25.0 Å². The van der Waals surface area contributed by atoms with Gasteiger partial charge in [0, 0.05) is 30.6 Å². The fourth-order valence-electron chi connectivity index (χ4n) is 7.94. The smallest absolute Gasteiger partial charge is 0.306 e. The number of carbonyl (C=O) groups excluding carboxylic acids is 3. The van der Waals surface area contributed by atoms with Gasteiger partial charge in [-0.25, -0.2) is 0 Å². The lowest BCUT2D eigenvalue weighted by Crippen LogP contribution is -2.55. The first-order chi connectivity index (χ1) is 17.6. The second-order valence-electron chi connectivity index (χ2n) is 12.3. The van der Waals surface area contributed by atoms with Gasteiger partial charge in [-0.2, -0.15) is 0 Å². The predicted octanol–water partition coefficient (Wildman–Crippen LogP) is 5.79. The molecule has 37 heavy (non-hydrogen) atoms. The summed E-state index contributed by atoms with van der Waals surface area (Å²) in [5.74, 6) is -0.860. The molecule has 0 saturated heterocycles. The number of esters is 2. The molecule has 0 aliphatic heterocycles. The van der Waals surface area contributed by atoms with Gasteiger partial charge in [0.05, 0.1) is 12.8 Å². The van der Waals surface area contributed by atoms with Crippen LogP contribution in [0.25, 0.3) is 0 Å². The van der Waals surface area contributed by atoms with Crippen LogP contribution in [0.1, 0.15) is 111 Å². The van der Waals surface area contributed by atoms with E-state index in [9.17, 15) is 19.2 Å². The van der Waals surface area contributed by atoms with Crippen molar-refractivity contribution in [3.63, 3.8) is 0 Å². The third-order valence-corrected chi connectivity index (χ3v) is 10.1. The lowest BCUT2D eigenvalue weighted by Gasteiger charge is -2.58. The predicted molar refractivity (Wildman–Crippen MR) is 137 cm³/mol. The molecule has 0 aromatic heterocycles. The summed E-state index contributed by atoms with van der Waals surface area (Å²) < 4.78 is 11.9. The lowest BCUT2D eigenvalue weighted by molar-refractivity contribution is -0.163. The van der Waals surface area contributed by atoms with Gasteiger partial charge in [0.15, 0.2) is 0 Å². The molecule has 4 aliphatic carbocycles. The van der Waals surface area contributed by atoms with Crippen molar-refractivity contribution in [2.24, 2.45) is 28.6 Å². The van der Waals surface area contributed by atoms with Gasteiger partial charge in [-0.3, -0.25) is 19.2 Å². The zero-order chi connectivity index (χ0) is 26.8. The van der Waals surface area contributed by atoms with Crippen LogP contribution in [0.5, 0.6) is 0 Å². The van der Waals surface area contributed by atoms with Gasteiger partial charge >= 0.3 is 17.9 Å². The third kappa shape index (κ3) is 5.65. The molecule has 206 valence electrons. The van der Waals surface area contributed by atoms with Crippen LogP contribution in [0.2, 0.25) is 0 Å². The Morgan fingerprint density at radius 1 is 0.919 bits per heavy atom. The number of fused-ring (bicyclic) bond motifs is 5. The van der Waals surface area contributed by atoms with Crippen molar-refractivity contribution in [3.05, 3.63) is 11.6 Å². The first-order valence-corrected chi connectivity index (χ1v) is 14.4. The standard InChI is InChI=1S/C30H44O7/c1-4-5-6-7-8-26(34)36-20-13-15-29(2)19(17-20)18-23(37-27(35)12-11-25(32)33)28-21-9-10-24(31)30(21,3)16-14-22(28)29/h18,20-23,28H,4-17H2,1-3H3,(H,32,33)/t20-,21-,22-,23+,28-,29-,30-/m0/s1. The van der Waals surface area contributed by atoms with Crippen LogP contribution in [0.3, 0.4) is 0 Å². The average molecular weight is 517 g/mol. The highest BCUT2D eigenvalue weighted by Crippen LogP contribution is 2.64. The van der Waals surface area contributed by atoms with Crippen LogP contribution in [0.4, 0.5) is 0 Å². The van der Waals surface area contributed by atoms with E-state index in [1.807, 2.05) is 0 Å². The minimum Gasteiger partial charge on any atom is -0.481 e. The molecule has 0 amide bonds. The van der Waals surface area contributed by atoms with Crippen molar-refractivity contribution < 1.29 is 33.8 Å². The van der Waals surface area contributed by atoms with Gasteiger partial charge in [0.25, 0.3) is 0 Å². The molecule has 0 radical (unpaired) electrons. The quantitative estimate of drug-likeness (QED) is 0.223. The van der Waals surface area contributed by atoms with E-state index in [-0.39, 0.29) is 53.5 Å². The minimum atomic E-state index is -1.03. The van der Waals surface area contributed by atoms with Crippen LogP contribution >= 0.6 is 0 Å². The first-order valence-electron chi connectivity index (χ1n) is 14.4. The molecule has 0 bridgehead atoms. The SMILES string of the molecule is CCCCCCC(=O)O[C@H]1CC[C@@]2(C)C(=C[C@@H](OC(=O)CCC(=O)O)[C@@H]3[C@@H]2CC[C@]2(C)C(=O)CC[C@@H]32)C1. The van der Waals surface area contributed by atoms with Crippen LogP contribution < -0.4 is 0 Å². The maximum Gasteiger partial charge on any atom is 0.306 e. The number of hydrogen-bond donors (Lipinski definition) is 1. The number of rotatable bonds is 10. The first kappa shape index (κ1) is 27.8.